The summed E-state index contributed by atoms with van der Waals surface area (Å²) in [5.74, 6) is -0.737. The Labute approximate surface area is 172 Å². The first-order valence-corrected chi connectivity index (χ1v) is 9.68. The number of pyridine rings is 1. The van der Waals surface area contributed by atoms with Crippen molar-refractivity contribution in [3.05, 3.63) is 58.6 Å². The summed E-state index contributed by atoms with van der Waals surface area (Å²) in [7, 11) is 0. The van der Waals surface area contributed by atoms with Gasteiger partial charge in [-0.2, -0.15) is 0 Å². The zero-order valence-electron chi connectivity index (χ0n) is 15.6. The maximum absolute atomic E-state index is 13.4. The molecule has 0 atom stereocenters. The van der Waals surface area contributed by atoms with E-state index in [4.69, 9.17) is 16.3 Å². The number of hydrogen-bond donors (Lipinski definition) is 2. The number of Topliss-reactive ketones (excluding diaryl/α,β-unsaturated/α-hetero) is 1. The number of nitrogens with zero attached hydrogens (tertiary/aromatic N) is 1. The highest BCUT2D eigenvalue weighted by molar-refractivity contribution is 6.30. The van der Waals surface area contributed by atoms with Gasteiger partial charge in [-0.15, -0.1) is 0 Å². The fourth-order valence-electron chi connectivity index (χ4n) is 4.61. The minimum Gasteiger partial charge on any atom is -0.484 e. The van der Waals surface area contributed by atoms with E-state index < -0.39 is 5.82 Å². The number of benzene rings is 1. The third-order valence-corrected chi connectivity index (χ3v) is 5.97. The lowest BCUT2D eigenvalue weighted by molar-refractivity contribution is -0.164. The Kier molecular flexibility index (Phi) is 5.04. The van der Waals surface area contributed by atoms with Gasteiger partial charge < -0.3 is 15.2 Å². The molecular formula is C21H20ClFN2O4. The van der Waals surface area contributed by atoms with Crippen molar-refractivity contribution >= 4 is 23.3 Å². The minimum absolute atomic E-state index is 0.00711. The molecule has 0 saturated heterocycles. The zero-order valence-corrected chi connectivity index (χ0v) is 16.3. The Bertz CT molecular complexity index is 961. The number of carbonyl (C=O) groups is 2. The van der Waals surface area contributed by atoms with Crippen LogP contribution in [0.5, 0.6) is 5.75 Å². The first kappa shape index (κ1) is 19.8. The van der Waals surface area contributed by atoms with Crippen molar-refractivity contribution in [2.45, 2.75) is 37.8 Å². The molecule has 3 aliphatic rings. The summed E-state index contributed by atoms with van der Waals surface area (Å²) >= 11 is 5.62. The fourth-order valence-corrected chi connectivity index (χ4v) is 4.72. The van der Waals surface area contributed by atoms with E-state index in [0.29, 0.717) is 17.7 Å². The summed E-state index contributed by atoms with van der Waals surface area (Å²) < 4.78 is 18.7. The molecule has 1 aromatic heterocycles. The lowest BCUT2D eigenvalue weighted by Gasteiger charge is -2.70. The number of carbonyl (C=O) groups excluding carboxylic acids is 2. The van der Waals surface area contributed by atoms with Crippen molar-refractivity contribution < 1.29 is 23.8 Å². The molecule has 0 aliphatic heterocycles. The Hall–Kier alpha value is -2.51. The highest BCUT2D eigenvalue weighted by atomic mass is 35.5. The number of ether oxygens (including phenoxy) is 1. The van der Waals surface area contributed by atoms with Crippen molar-refractivity contribution in [1.82, 2.24) is 10.3 Å². The highest BCUT2D eigenvalue weighted by Crippen LogP contribution is 2.69. The van der Waals surface area contributed by atoms with Crippen LogP contribution in [-0.4, -0.2) is 33.9 Å². The van der Waals surface area contributed by atoms with Gasteiger partial charge in [-0.1, -0.05) is 17.7 Å². The summed E-state index contributed by atoms with van der Waals surface area (Å²) in [5, 5.41) is 12.3. The Morgan fingerprint density at radius 1 is 1.28 bits per heavy atom. The molecule has 29 heavy (non-hydrogen) atoms. The van der Waals surface area contributed by atoms with Crippen LogP contribution in [0.1, 0.15) is 41.7 Å². The van der Waals surface area contributed by atoms with E-state index in [1.165, 1.54) is 12.1 Å². The smallest absolute Gasteiger partial charge is 0.258 e. The van der Waals surface area contributed by atoms with Gasteiger partial charge in [0.05, 0.1) is 11.6 Å². The van der Waals surface area contributed by atoms with Crippen molar-refractivity contribution in [3.8, 4) is 5.75 Å². The number of nitrogens with one attached hydrogen (secondary N) is 1. The summed E-state index contributed by atoms with van der Waals surface area (Å²) in [4.78, 5) is 28.9. The second kappa shape index (κ2) is 7.39. The molecule has 8 heteroatoms. The molecule has 3 fully saturated rings. The molecule has 2 N–H and O–H groups in total. The van der Waals surface area contributed by atoms with Gasteiger partial charge in [-0.3, -0.25) is 14.6 Å². The van der Waals surface area contributed by atoms with Crippen LogP contribution >= 0.6 is 11.6 Å². The molecule has 2 aromatic rings. The largest absolute Gasteiger partial charge is 0.484 e. The molecule has 3 aliphatic carbocycles. The number of amides is 1. The van der Waals surface area contributed by atoms with Gasteiger partial charge in [0.2, 0.25) is 0 Å². The number of ketones is 1. The quantitative estimate of drug-likeness (QED) is 0.643. The van der Waals surface area contributed by atoms with Crippen LogP contribution in [0.3, 0.4) is 0 Å². The van der Waals surface area contributed by atoms with Crippen LogP contribution in [-0.2, 0) is 11.4 Å². The Morgan fingerprint density at radius 3 is 2.72 bits per heavy atom. The SMILES string of the molecule is O=C(COc1ccc(Cl)c(F)c1)NC12CC(CC(=O)c3ncccc3CO)(C1)C2. The van der Waals surface area contributed by atoms with E-state index in [-0.39, 0.29) is 46.6 Å². The molecule has 1 heterocycles. The lowest BCUT2D eigenvalue weighted by Crippen LogP contribution is -2.75. The fraction of sp³-hybridized carbons (Fsp3) is 0.381. The van der Waals surface area contributed by atoms with E-state index in [0.717, 1.165) is 25.3 Å². The summed E-state index contributed by atoms with van der Waals surface area (Å²) in [6.07, 6.45) is 4.09. The average molecular weight is 419 g/mol. The van der Waals surface area contributed by atoms with E-state index in [2.05, 4.69) is 10.3 Å². The van der Waals surface area contributed by atoms with Crippen molar-refractivity contribution in [2.75, 3.05) is 6.61 Å². The topological polar surface area (TPSA) is 88.5 Å². The molecule has 1 amide bonds. The van der Waals surface area contributed by atoms with Crippen molar-refractivity contribution in [1.29, 1.82) is 0 Å². The number of hydrogen-bond acceptors (Lipinski definition) is 5. The first-order valence-electron chi connectivity index (χ1n) is 9.31. The summed E-state index contributed by atoms with van der Waals surface area (Å²) in [6, 6.07) is 7.38. The predicted octanol–water partition coefficient (Wildman–Crippen LogP) is 3.06. The van der Waals surface area contributed by atoms with E-state index in [9.17, 15) is 19.1 Å². The van der Waals surface area contributed by atoms with E-state index in [1.54, 1.807) is 18.3 Å². The van der Waals surface area contributed by atoms with Crippen LogP contribution in [0, 0.1) is 11.2 Å². The van der Waals surface area contributed by atoms with Crippen LogP contribution in [0.4, 0.5) is 4.39 Å². The van der Waals surface area contributed by atoms with Gasteiger partial charge in [0.1, 0.15) is 17.3 Å². The summed E-state index contributed by atoms with van der Waals surface area (Å²) in [5.41, 5.74) is 0.467. The molecule has 6 nitrogen and oxygen atoms in total. The second-order valence-electron chi connectivity index (χ2n) is 7.99. The highest BCUT2D eigenvalue weighted by Gasteiger charge is 2.68. The monoisotopic (exact) mass is 418 g/mol. The Balaban J connectivity index is 1.26. The van der Waals surface area contributed by atoms with Gasteiger partial charge >= 0.3 is 0 Å². The molecular weight excluding hydrogens is 399 g/mol. The number of aromatic nitrogens is 1. The third-order valence-electron chi connectivity index (χ3n) is 5.67. The molecule has 0 radical (unpaired) electrons. The van der Waals surface area contributed by atoms with Crippen molar-refractivity contribution in [3.63, 3.8) is 0 Å². The molecule has 1 aromatic carbocycles. The standard InChI is InChI=1S/C21H20ClFN2O4/c22-15-4-3-14(6-16(15)23)29-9-18(28)25-21-10-20(11-21,12-21)7-17(27)19-13(8-26)2-1-5-24-19/h1-6,26H,7-12H2,(H,25,28). The molecule has 5 rings (SSSR count). The average Bonchev–Trinajstić information content (AvgIpc) is 2.66. The number of aliphatic hydroxyl groups is 1. The van der Waals surface area contributed by atoms with Gasteiger partial charge in [0, 0.05) is 29.8 Å². The van der Waals surface area contributed by atoms with Crippen LogP contribution in [0.25, 0.3) is 0 Å². The molecule has 0 unspecified atom stereocenters. The van der Waals surface area contributed by atoms with Crippen LogP contribution in [0.2, 0.25) is 5.02 Å². The first-order chi connectivity index (χ1) is 13.8. The van der Waals surface area contributed by atoms with E-state index in [1.807, 2.05) is 0 Å². The van der Waals surface area contributed by atoms with Gasteiger partial charge in [0.15, 0.2) is 12.4 Å². The zero-order chi connectivity index (χ0) is 20.6. The van der Waals surface area contributed by atoms with E-state index >= 15 is 0 Å². The number of halogens is 2. The molecule has 0 spiro atoms. The maximum atomic E-state index is 13.4. The normalized spacial score (nSPS) is 24.2. The number of aliphatic hydroxyl groups excluding tert-OH is 1. The molecule has 3 saturated carbocycles. The minimum atomic E-state index is -0.604. The lowest BCUT2D eigenvalue weighted by atomic mass is 9.38. The predicted molar refractivity (Wildman–Crippen MR) is 103 cm³/mol. The third kappa shape index (κ3) is 3.84. The van der Waals surface area contributed by atoms with Gasteiger partial charge in [-0.05, 0) is 42.9 Å². The maximum Gasteiger partial charge on any atom is 0.258 e. The van der Waals surface area contributed by atoms with Gasteiger partial charge in [-0.25, -0.2) is 4.39 Å². The molecule has 2 bridgehead atoms. The Morgan fingerprint density at radius 2 is 2.03 bits per heavy atom. The van der Waals surface area contributed by atoms with Crippen LogP contribution in [0.15, 0.2) is 36.5 Å². The van der Waals surface area contributed by atoms with Gasteiger partial charge in [0.25, 0.3) is 5.91 Å². The van der Waals surface area contributed by atoms with Crippen molar-refractivity contribution in [2.24, 2.45) is 5.41 Å². The van der Waals surface area contributed by atoms with Crippen LogP contribution < -0.4 is 10.1 Å². The number of rotatable bonds is 8. The second-order valence-corrected chi connectivity index (χ2v) is 8.40. The summed E-state index contributed by atoms with van der Waals surface area (Å²) in [6.45, 7) is -0.442. The molecule has 152 valence electrons.